The van der Waals surface area contributed by atoms with E-state index in [1.165, 1.54) is 0 Å². The molecule has 2 aromatic carbocycles. The van der Waals surface area contributed by atoms with Gasteiger partial charge >= 0.3 is 6.09 Å². The Bertz CT molecular complexity index is 991. The van der Waals surface area contributed by atoms with E-state index in [2.05, 4.69) is 4.98 Å². The molecule has 1 saturated heterocycles. The van der Waals surface area contributed by atoms with Crippen molar-refractivity contribution in [2.45, 2.75) is 25.5 Å². The second-order valence-electron chi connectivity index (χ2n) is 7.45. The number of nitrogens with one attached hydrogen (secondary N) is 1. The minimum atomic E-state index is -0.293. The van der Waals surface area contributed by atoms with Gasteiger partial charge in [0.25, 0.3) is 5.91 Å². The van der Waals surface area contributed by atoms with Gasteiger partial charge in [0.1, 0.15) is 6.61 Å². The quantitative estimate of drug-likeness (QED) is 0.730. The number of carbonyl (C=O) groups excluding carboxylic acids is 2. The van der Waals surface area contributed by atoms with Crippen LogP contribution < -0.4 is 0 Å². The van der Waals surface area contributed by atoms with Gasteiger partial charge in [-0.2, -0.15) is 0 Å². The molecule has 0 aliphatic carbocycles. The molecule has 0 spiro atoms. The van der Waals surface area contributed by atoms with Gasteiger partial charge in [-0.05, 0) is 42.0 Å². The highest BCUT2D eigenvalue weighted by atomic mass is 16.6. The number of hydrogen-bond acceptors (Lipinski definition) is 3. The van der Waals surface area contributed by atoms with Gasteiger partial charge in [-0.15, -0.1) is 0 Å². The van der Waals surface area contributed by atoms with Crippen molar-refractivity contribution in [3.8, 4) is 0 Å². The van der Waals surface area contributed by atoms with Crippen molar-refractivity contribution in [1.82, 2.24) is 14.8 Å². The molecule has 2 heterocycles. The number of ether oxygens (including phenoxy) is 1. The molecule has 0 bridgehead atoms. The van der Waals surface area contributed by atoms with Gasteiger partial charge in [-0.1, -0.05) is 36.4 Å². The van der Waals surface area contributed by atoms with Crippen LogP contribution in [0.2, 0.25) is 0 Å². The van der Waals surface area contributed by atoms with E-state index in [0.717, 1.165) is 29.3 Å². The fourth-order valence-electron chi connectivity index (χ4n) is 3.80. The molecular weight excluding hydrogens is 366 g/mol. The second-order valence-corrected chi connectivity index (χ2v) is 7.45. The lowest BCUT2D eigenvalue weighted by Gasteiger charge is -2.36. The summed E-state index contributed by atoms with van der Waals surface area (Å²) in [6.45, 7) is 1.45. The van der Waals surface area contributed by atoms with Crippen LogP contribution in [0.5, 0.6) is 0 Å². The topological polar surface area (TPSA) is 65.6 Å². The highest BCUT2D eigenvalue weighted by Crippen LogP contribution is 2.20. The predicted octanol–water partition coefficient (Wildman–Crippen LogP) is 4.04. The third-order valence-electron chi connectivity index (χ3n) is 5.60. The van der Waals surface area contributed by atoms with Crippen LogP contribution in [0.15, 0.2) is 60.8 Å². The van der Waals surface area contributed by atoms with Crippen molar-refractivity contribution in [3.05, 3.63) is 71.9 Å². The molecule has 0 saturated carbocycles. The number of benzene rings is 2. The zero-order chi connectivity index (χ0) is 20.2. The van der Waals surface area contributed by atoms with Crippen LogP contribution >= 0.6 is 0 Å². The number of piperidine rings is 1. The van der Waals surface area contributed by atoms with Crippen LogP contribution in [0.4, 0.5) is 4.79 Å². The van der Waals surface area contributed by atoms with Gasteiger partial charge in [0.15, 0.2) is 0 Å². The first kappa shape index (κ1) is 19.1. The Morgan fingerprint density at radius 1 is 1.10 bits per heavy atom. The lowest BCUT2D eigenvalue weighted by atomic mass is 10.0. The first-order chi connectivity index (χ1) is 14.1. The van der Waals surface area contributed by atoms with Crippen molar-refractivity contribution in [1.29, 1.82) is 0 Å². The summed E-state index contributed by atoms with van der Waals surface area (Å²) >= 11 is 0. The Morgan fingerprint density at radius 2 is 1.86 bits per heavy atom. The van der Waals surface area contributed by atoms with E-state index in [1.54, 1.807) is 9.80 Å². The third-order valence-corrected chi connectivity index (χ3v) is 5.60. The summed E-state index contributed by atoms with van der Waals surface area (Å²) in [6, 6.07) is 17.5. The van der Waals surface area contributed by atoms with Crippen LogP contribution in [0.25, 0.3) is 10.9 Å². The molecule has 3 aromatic rings. The Hall–Kier alpha value is -3.28. The molecular formula is C23H25N3O3. The number of aromatic amines is 1. The maximum absolute atomic E-state index is 12.9. The molecule has 29 heavy (non-hydrogen) atoms. The number of nitrogens with zero attached hydrogens (tertiary/aromatic N) is 2. The molecule has 1 aliphatic heterocycles. The number of H-pyrrole nitrogens is 1. The first-order valence-electron chi connectivity index (χ1n) is 9.92. The minimum Gasteiger partial charge on any atom is -0.445 e. The van der Waals surface area contributed by atoms with E-state index < -0.39 is 0 Å². The highest BCUT2D eigenvalue weighted by Gasteiger charge is 2.28. The Morgan fingerprint density at radius 3 is 2.62 bits per heavy atom. The van der Waals surface area contributed by atoms with E-state index in [1.807, 2.05) is 67.8 Å². The molecule has 6 heteroatoms. The van der Waals surface area contributed by atoms with Gasteiger partial charge in [-0.25, -0.2) is 4.79 Å². The molecule has 0 atom stereocenters. The van der Waals surface area contributed by atoms with Crippen molar-refractivity contribution < 1.29 is 14.3 Å². The maximum atomic E-state index is 12.9. The van der Waals surface area contributed by atoms with Gasteiger partial charge < -0.3 is 19.5 Å². The molecule has 1 aliphatic rings. The zero-order valence-corrected chi connectivity index (χ0v) is 16.5. The molecule has 0 unspecified atom stereocenters. The minimum absolute atomic E-state index is 0.00611. The lowest BCUT2D eigenvalue weighted by Crippen LogP contribution is -2.47. The maximum Gasteiger partial charge on any atom is 0.410 e. The summed E-state index contributed by atoms with van der Waals surface area (Å²) in [5.41, 5.74) is 2.60. The van der Waals surface area contributed by atoms with Crippen molar-refractivity contribution in [2.24, 2.45) is 0 Å². The SMILES string of the molecule is CN(C(=O)c1ccc2cc[nH]c2c1)C1CCN(C(=O)OCc2ccccc2)CC1. The van der Waals surface area contributed by atoms with Crippen molar-refractivity contribution in [2.75, 3.05) is 20.1 Å². The number of aromatic nitrogens is 1. The average molecular weight is 391 g/mol. The molecule has 1 aromatic heterocycles. The van der Waals surface area contributed by atoms with Crippen LogP contribution in [-0.2, 0) is 11.3 Å². The van der Waals surface area contributed by atoms with E-state index >= 15 is 0 Å². The summed E-state index contributed by atoms with van der Waals surface area (Å²) in [7, 11) is 1.84. The zero-order valence-electron chi connectivity index (χ0n) is 16.5. The largest absolute Gasteiger partial charge is 0.445 e. The summed E-state index contributed by atoms with van der Waals surface area (Å²) in [5, 5.41) is 1.09. The van der Waals surface area contributed by atoms with Crippen molar-refractivity contribution in [3.63, 3.8) is 0 Å². The van der Waals surface area contributed by atoms with Crippen LogP contribution in [0.1, 0.15) is 28.8 Å². The number of amides is 2. The normalized spacial score (nSPS) is 14.7. The molecule has 4 rings (SSSR count). The van der Waals surface area contributed by atoms with Gasteiger partial charge in [0, 0.05) is 43.5 Å². The number of fused-ring (bicyclic) bond motifs is 1. The lowest BCUT2D eigenvalue weighted by molar-refractivity contribution is 0.0580. The summed E-state index contributed by atoms with van der Waals surface area (Å²) in [6.07, 6.45) is 3.06. The monoisotopic (exact) mass is 391 g/mol. The van der Waals surface area contributed by atoms with Crippen LogP contribution in [0.3, 0.4) is 0 Å². The Balaban J connectivity index is 1.30. The fraction of sp³-hybridized carbons (Fsp3) is 0.304. The number of carbonyl (C=O) groups is 2. The average Bonchev–Trinajstić information content (AvgIpc) is 3.25. The third kappa shape index (κ3) is 4.26. The standard InChI is InChI=1S/C23H25N3O3/c1-25(22(27)19-8-7-18-9-12-24-21(18)15-19)20-10-13-26(14-11-20)23(28)29-16-17-5-3-2-4-6-17/h2-9,12,15,20,24H,10-11,13-14,16H2,1H3. The molecule has 0 radical (unpaired) electrons. The van der Waals surface area contributed by atoms with Crippen molar-refractivity contribution >= 4 is 22.9 Å². The first-order valence-corrected chi connectivity index (χ1v) is 9.92. The van der Waals surface area contributed by atoms with Gasteiger partial charge in [0.2, 0.25) is 0 Å². The van der Waals surface area contributed by atoms with Gasteiger partial charge in [0.05, 0.1) is 0 Å². The Labute approximate surface area is 170 Å². The highest BCUT2D eigenvalue weighted by molar-refractivity contribution is 5.98. The van der Waals surface area contributed by atoms with Gasteiger partial charge in [-0.3, -0.25) is 4.79 Å². The fourth-order valence-corrected chi connectivity index (χ4v) is 3.80. The van der Waals surface area contributed by atoms with E-state index in [9.17, 15) is 9.59 Å². The Kier molecular flexibility index (Phi) is 5.51. The van der Waals surface area contributed by atoms with Crippen LogP contribution in [0, 0.1) is 0 Å². The second kappa shape index (κ2) is 8.39. The predicted molar refractivity (Wildman–Crippen MR) is 112 cm³/mol. The number of likely N-dealkylation sites (tertiary alicyclic amines) is 1. The summed E-state index contributed by atoms with van der Waals surface area (Å²) < 4.78 is 5.42. The van der Waals surface area contributed by atoms with E-state index in [0.29, 0.717) is 18.7 Å². The summed E-state index contributed by atoms with van der Waals surface area (Å²) in [4.78, 5) is 31.9. The smallest absolute Gasteiger partial charge is 0.410 e. The van der Waals surface area contributed by atoms with Crippen LogP contribution in [-0.4, -0.2) is 53.0 Å². The summed E-state index contributed by atoms with van der Waals surface area (Å²) in [5.74, 6) is 0.00611. The molecule has 1 N–H and O–H groups in total. The molecule has 2 amide bonds. The number of rotatable bonds is 4. The molecule has 1 fully saturated rings. The molecule has 150 valence electrons. The number of hydrogen-bond donors (Lipinski definition) is 1. The van der Waals surface area contributed by atoms with E-state index in [4.69, 9.17) is 4.74 Å². The molecule has 6 nitrogen and oxygen atoms in total. The van der Waals surface area contributed by atoms with E-state index in [-0.39, 0.29) is 24.6 Å².